The molecule has 0 rings (SSSR count). The molecule has 0 bridgehead atoms. The van der Waals surface area contributed by atoms with Gasteiger partial charge in [0.2, 0.25) is 0 Å². The molecule has 2 atom stereocenters. The van der Waals surface area contributed by atoms with Crippen LogP contribution in [-0.2, 0) is 14.3 Å². The predicted molar refractivity (Wildman–Crippen MR) is 56.4 cm³/mol. The van der Waals surface area contributed by atoms with Crippen molar-refractivity contribution >= 4 is 11.9 Å². The van der Waals surface area contributed by atoms with Gasteiger partial charge in [-0.3, -0.25) is 9.59 Å². The van der Waals surface area contributed by atoms with Crippen LogP contribution in [0.1, 0.15) is 34.1 Å². The number of hydrogen-bond donors (Lipinski definition) is 1. The minimum atomic E-state index is -0.927. The lowest BCUT2D eigenvalue weighted by Gasteiger charge is -2.20. The van der Waals surface area contributed by atoms with E-state index in [9.17, 15) is 9.59 Å². The highest BCUT2D eigenvalue weighted by Crippen LogP contribution is 2.22. The zero-order valence-electron chi connectivity index (χ0n) is 9.82. The summed E-state index contributed by atoms with van der Waals surface area (Å²) in [7, 11) is 0. The lowest BCUT2D eigenvalue weighted by Crippen LogP contribution is -2.30. The first-order valence-corrected chi connectivity index (χ1v) is 5.29. The van der Waals surface area contributed by atoms with Gasteiger partial charge in [-0.2, -0.15) is 0 Å². The second-order valence-corrected chi connectivity index (χ2v) is 4.12. The zero-order valence-corrected chi connectivity index (χ0v) is 9.82. The molecular formula is C11H20O4. The first-order chi connectivity index (χ1) is 6.90. The Labute approximate surface area is 90.6 Å². The van der Waals surface area contributed by atoms with Gasteiger partial charge in [0, 0.05) is 0 Å². The van der Waals surface area contributed by atoms with E-state index in [-0.39, 0.29) is 12.5 Å². The third-order valence-corrected chi connectivity index (χ3v) is 2.30. The second-order valence-electron chi connectivity index (χ2n) is 4.12. The standard InChI is InChI=1S/C11H20O4/c1-5-15-11(14)8(4)9(10(12)13)6-7(2)3/h7-9H,5-6H2,1-4H3,(H,12,13). The highest BCUT2D eigenvalue weighted by atomic mass is 16.5. The topological polar surface area (TPSA) is 63.6 Å². The van der Waals surface area contributed by atoms with Gasteiger partial charge in [-0.1, -0.05) is 20.8 Å². The van der Waals surface area contributed by atoms with Gasteiger partial charge in [0.25, 0.3) is 0 Å². The fraction of sp³-hybridized carbons (Fsp3) is 0.818. The maximum Gasteiger partial charge on any atom is 0.309 e. The highest BCUT2D eigenvalue weighted by Gasteiger charge is 2.31. The smallest absolute Gasteiger partial charge is 0.309 e. The molecule has 0 radical (unpaired) electrons. The number of ether oxygens (including phenoxy) is 1. The molecule has 0 amide bonds. The van der Waals surface area contributed by atoms with E-state index in [1.54, 1.807) is 13.8 Å². The number of carbonyl (C=O) groups excluding carboxylic acids is 1. The molecule has 0 aromatic carbocycles. The third kappa shape index (κ3) is 4.81. The van der Waals surface area contributed by atoms with Crippen molar-refractivity contribution in [2.45, 2.75) is 34.1 Å². The van der Waals surface area contributed by atoms with Crippen molar-refractivity contribution in [3.05, 3.63) is 0 Å². The zero-order chi connectivity index (χ0) is 12.0. The van der Waals surface area contributed by atoms with Crippen LogP contribution in [0.2, 0.25) is 0 Å². The third-order valence-electron chi connectivity index (χ3n) is 2.30. The first kappa shape index (κ1) is 13.9. The van der Waals surface area contributed by atoms with E-state index in [2.05, 4.69) is 0 Å². The van der Waals surface area contributed by atoms with Crippen molar-refractivity contribution in [3.63, 3.8) is 0 Å². The maximum absolute atomic E-state index is 11.4. The van der Waals surface area contributed by atoms with E-state index >= 15 is 0 Å². The van der Waals surface area contributed by atoms with Gasteiger partial charge >= 0.3 is 11.9 Å². The monoisotopic (exact) mass is 216 g/mol. The number of carboxylic acid groups (broad SMARTS) is 1. The lowest BCUT2D eigenvalue weighted by molar-refractivity contribution is -0.157. The van der Waals surface area contributed by atoms with Crippen LogP contribution in [0.3, 0.4) is 0 Å². The summed E-state index contributed by atoms with van der Waals surface area (Å²) in [6.45, 7) is 7.49. The van der Waals surface area contributed by atoms with Crippen LogP contribution in [0.25, 0.3) is 0 Å². The van der Waals surface area contributed by atoms with Gasteiger partial charge in [0.05, 0.1) is 18.4 Å². The Bertz CT molecular complexity index is 223. The molecule has 0 aliphatic rings. The van der Waals surface area contributed by atoms with Crippen LogP contribution in [0.5, 0.6) is 0 Å². The van der Waals surface area contributed by atoms with Crippen molar-refractivity contribution in [1.29, 1.82) is 0 Å². The van der Waals surface area contributed by atoms with Crippen LogP contribution in [0, 0.1) is 17.8 Å². The number of carbonyl (C=O) groups is 2. The van der Waals surface area contributed by atoms with Crippen molar-refractivity contribution in [2.75, 3.05) is 6.61 Å². The van der Waals surface area contributed by atoms with Crippen molar-refractivity contribution < 1.29 is 19.4 Å². The minimum Gasteiger partial charge on any atom is -0.481 e. The highest BCUT2D eigenvalue weighted by molar-refractivity contribution is 5.80. The normalized spacial score (nSPS) is 14.7. The maximum atomic E-state index is 11.4. The lowest BCUT2D eigenvalue weighted by atomic mass is 9.86. The number of aliphatic carboxylic acids is 1. The molecule has 0 heterocycles. The van der Waals surface area contributed by atoms with E-state index in [1.807, 2.05) is 13.8 Å². The molecule has 0 fully saturated rings. The molecule has 0 saturated carbocycles. The largest absolute Gasteiger partial charge is 0.481 e. The van der Waals surface area contributed by atoms with Gasteiger partial charge < -0.3 is 9.84 Å². The quantitative estimate of drug-likeness (QED) is 0.689. The Kier molecular flexibility index (Phi) is 5.97. The average molecular weight is 216 g/mol. The van der Waals surface area contributed by atoms with E-state index < -0.39 is 23.8 Å². The minimum absolute atomic E-state index is 0.253. The Morgan fingerprint density at radius 2 is 1.80 bits per heavy atom. The van der Waals surface area contributed by atoms with Gasteiger partial charge in [-0.25, -0.2) is 0 Å². The number of carboxylic acids is 1. The fourth-order valence-corrected chi connectivity index (χ4v) is 1.46. The molecule has 1 N–H and O–H groups in total. The molecule has 2 unspecified atom stereocenters. The molecule has 15 heavy (non-hydrogen) atoms. The van der Waals surface area contributed by atoms with E-state index in [4.69, 9.17) is 9.84 Å². The molecule has 4 heteroatoms. The Hall–Kier alpha value is -1.06. The summed E-state index contributed by atoms with van der Waals surface area (Å²) < 4.78 is 4.81. The molecule has 0 aromatic heterocycles. The van der Waals surface area contributed by atoms with Crippen LogP contribution >= 0.6 is 0 Å². The number of esters is 1. The van der Waals surface area contributed by atoms with E-state index in [0.717, 1.165) is 0 Å². The van der Waals surface area contributed by atoms with Gasteiger partial charge in [-0.15, -0.1) is 0 Å². The second kappa shape index (κ2) is 6.43. The summed E-state index contributed by atoms with van der Waals surface area (Å²) in [5, 5.41) is 9.00. The molecular weight excluding hydrogens is 196 g/mol. The predicted octanol–water partition coefficient (Wildman–Crippen LogP) is 1.93. The number of rotatable bonds is 6. The van der Waals surface area contributed by atoms with Crippen LogP contribution in [-0.4, -0.2) is 23.7 Å². The number of hydrogen-bond acceptors (Lipinski definition) is 3. The summed E-state index contributed by atoms with van der Waals surface area (Å²) >= 11 is 0. The summed E-state index contributed by atoms with van der Waals surface area (Å²) in [4.78, 5) is 22.4. The Morgan fingerprint density at radius 3 is 2.13 bits per heavy atom. The van der Waals surface area contributed by atoms with Crippen LogP contribution < -0.4 is 0 Å². The SMILES string of the molecule is CCOC(=O)C(C)C(CC(C)C)C(=O)O. The summed E-state index contributed by atoms with van der Waals surface area (Å²) in [6.07, 6.45) is 0.495. The molecule has 88 valence electrons. The summed E-state index contributed by atoms with van der Waals surface area (Å²) in [5.41, 5.74) is 0. The average Bonchev–Trinajstić information content (AvgIpc) is 2.12. The molecule has 0 aliphatic carbocycles. The fourth-order valence-electron chi connectivity index (χ4n) is 1.46. The van der Waals surface area contributed by atoms with E-state index in [1.165, 1.54) is 0 Å². The summed E-state index contributed by atoms with van der Waals surface area (Å²) in [5.74, 6) is -2.33. The molecule has 0 saturated heterocycles. The Morgan fingerprint density at radius 1 is 1.27 bits per heavy atom. The van der Waals surface area contributed by atoms with Crippen LogP contribution in [0.15, 0.2) is 0 Å². The Balaban J connectivity index is 4.47. The van der Waals surface area contributed by atoms with Crippen molar-refractivity contribution in [1.82, 2.24) is 0 Å². The van der Waals surface area contributed by atoms with Crippen molar-refractivity contribution in [2.24, 2.45) is 17.8 Å². The molecule has 4 nitrogen and oxygen atoms in total. The van der Waals surface area contributed by atoms with Crippen molar-refractivity contribution in [3.8, 4) is 0 Å². The first-order valence-electron chi connectivity index (χ1n) is 5.29. The van der Waals surface area contributed by atoms with Gasteiger partial charge in [-0.05, 0) is 19.3 Å². The molecule has 0 aliphatic heterocycles. The molecule has 0 spiro atoms. The van der Waals surface area contributed by atoms with Crippen LogP contribution in [0.4, 0.5) is 0 Å². The summed E-state index contributed by atoms with van der Waals surface area (Å²) in [6, 6.07) is 0. The molecule has 0 aromatic rings. The van der Waals surface area contributed by atoms with Gasteiger partial charge in [0.1, 0.15) is 0 Å². The van der Waals surface area contributed by atoms with E-state index in [0.29, 0.717) is 6.42 Å². The van der Waals surface area contributed by atoms with Gasteiger partial charge in [0.15, 0.2) is 0 Å².